The number of β-lactam (4-membered cyclic amide) rings is 1. The first kappa shape index (κ1) is 22.1. The number of anilines is 1. The van der Waals surface area contributed by atoms with Gasteiger partial charge in [0.2, 0.25) is 0 Å². The molecule has 2 aliphatic rings. The number of aromatic nitrogens is 4. The van der Waals surface area contributed by atoms with Crippen molar-refractivity contribution in [2.45, 2.75) is 16.6 Å². The molecule has 0 saturated carbocycles. The van der Waals surface area contributed by atoms with Crippen LogP contribution < -0.4 is 11.1 Å². The summed E-state index contributed by atoms with van der Waals surface area (Å²) in [6, 6.07) is -0.914. The van der Waals surface area contributed by atoms with Crippen LogP contribution in [0.15, 0.2) is 33.3 Å². The van der Waals surface area contributed by atoms with Crippen LogP contribution in [0.2, 0.25) is 0 Å². The van der Waals surface area contributed by atoms with E-state index < -0.39 is 29.2 Å². The number of carbonyl (C=O) groups is 3. The minimum absolute atomic E-state index is 0.0747. The first-order valence-electron chi connectivity index (χ1n) is 8.93. The third-order valence-electron chi connectivity index (χ3n) is 4.48. The monoisotopic (exact) mass is 496 g/mol. The lowest BCUT2D eigenvalue weighted by Gasteiger charge is -2.49. The summed E-state index contributed by atoms with van der Waals surface area (Å²) >= 11 is 3.78. The largest absolute Gasteiger partial charge is 0.477 e. The first-order valence-corrected chi connectivity index (χ1v) is 11.8. The molecule has 1 fully saturated rings. The van der Waals surface area contributed by atoms with Crippen molar-refractivity contribution >= 4 is 63.5 Å². The number of fused-ring (bicyclic) bond motifs is 1. The van der Waals surface area contributed by atoms with E-state index in [1.54, 1.807) is 5.38 Å². The number of carboxylic acids is 1. The number of nitrogens with zero attached hydrogens (tertiary/aromatic N) is 5. The van der Waals surface area contributed by atoms with Gasteiger partial charge in [-0.2, -0.15) is 0 Å². The van der Waals surface area contributed by atoms with E-state index in [0.717, 1.165) is 11.3 Å². The summed E-state index contributed by atoms with van der Waals surface area (Å²) in [5, 5.41) is 25.3. The van der Waals surface area contributed by atoms with Crippen molar-refractivity contribution in [3.63, 3.8) is 0 Å². The fourth-order valence-corrected chi connectivity index (χ4v) is 5.93. The number of H-pyrrole nitrogens is 1. The first-order chi connectivity index (χ1) is 15.4. The van der Waals surface area contributed by atoms with Crippen molar-refractivity contribution in [2.75, 3.05) is 24.3 Å². The molecular formula is C16H16N8O5S3. The van der Waals surface area contributed by atoms with Gasteiger partial charge >= 0.3 is 5.97 Å². The van der Waals surface area contributed by atoms with Crippen molar-refractivity contribution in [2.24, 2.45) is 5.16 Å². The number of hydrogen-bond acceptors (Lipinski definition) is 12. The number of rotatable bonds is 8. The number of nitrogens with two attached hydrogens (primary N) is 1. The smallest absolute Gasteiger partial charge is 0.352 e. The van der Waals surface area contributed by atoms with Crippen LogP contribution in [0.3, 0.4) is 0 Å². The number of aromatic amines is 1. The second kappa shape index (κ2) is 9.17. The van der Waals surface area contributed by atoms with E-state index >= 15 is 0 Å². The lowest BCUT2D eigenvalue weighted by molar-refractivity contribution is -0.150. The van der Waals surface area contributed by atoms with Crippen LogP contribution in [0.25, 0.3) is 0 Å². The van der Waals surface area contributed by atoms with Gasteiger partial charge < -0.3 is 26.0 Å². The lowest BCUT2D eigenvalue weighted by atomic mass is 10.0. The number of amides is 2. The van der Waals surface area contributed by atoms with Crippen LogP contribution in [0, 0.1) is 0 Å². The number of aliphatic carboxylic acids is 1. The van der Waals surface area contributed by atoms with Gasteiger partial charge in [-0.3, -0.25) is 14.5 Å². The Morgan fingerprint density at radius 2 is 2.34 bits per heavy atom. The van der Waals surface area contributed by atoms with Crippen LogP contribution in [-0.2, 0) is 19.2 Å². The van der Waals surface area contributed by atoms with Gasteiger partial charge in [0.1, 0.15) is 36.2 Å². The predicted octanol–water partition coefficient (Wildman–Crippen LogP) is -0.275. The average Bonchev–Trinajstić information content (AvgIpc) is 3.45. The molecular weight excluding hydrogens is 480 g/mol. The molecule has 4 rings (SSSR count). The molecule has 0 bridgehead atoms. The number of thiazole rings is 1. The van der Waals surface area contributed by atoms with Crippen LogP contribution in [0.5, 0.6) is 0 Å². The number of nitrogen functional groups attached to an aromatic ring is 1. The molecule has 0 aromatic carbocycles. The predicted molar refractivity (Wildman–Crippen MR) is 117 cm³/mol. The third kappa shape index (κ3) is 4.15. The van der Waals surface area contributed by atoms with Gasteiger partial charge in [-0.1, -0.05) is 16.9 Å². The molecule has 1 saturated heterocycles. The molecule has 2 aliphatic heterocycles. The molecule has 2 aromatic rings. The molecule has 32 heavy (non-hydrogen) atoms. The number of carbonyl (C=O) groups excluding carboxylic acids is 2. The Kier molecular flexibility index (Phi) is 6.33. The van der Waals surface area contributed by atoms with Crippen molar-refractivity contribution in [1.29, 1.82) is 0 Å². The SMILES string of the molecule is CON=C(C(=O)N[C@@H]1C(=O)N2C(C(=O)O)=C(CSc3nnc[nH]3)CS[C@@H]12)c1csc(N)n1. The van der Waals surface area contributed by atoms with Crippen LogP contribution in [0.4, 0.5) is 5.13 Å². The summed E-state index contributed by atoms with van der Waals surface area (Å²) in [6.07, 6.45) is 1.42. The molecule has 13 nitrogen and oxygen atoms in total. The highest BCUT2D eigenvalue weighted by Crippen LogP contribution is 2.41. The Morgan fingerprint density at radius 1 is 1.53 bits per heavy atom. The molecule has 0 spiro atoms. The molecule has 0 unspecified atom stereocenters. The molecule has 2 atom stereocenters. The second-order valence-corrected chi connectivity index (χ2v) is 9.35. The number of carboxylic acid groups (broad SMARTS) is 1. The Hall–Kier alpha value is -3.11. The summed E-state index contributed by atoms with van der Waals surface area (Å²) in [6.45, 7) is 0. The van der Waals surface area contributed by atoms with Crippen LogP contribution >= 0.6 is 34.9 Å². The van der Waals surface area contributed by atoms with E-state index in [4.69, 9.17) is 10.6 Å². The standard InChI is InChI=1S/C16H16N8O5S3/c1-29-23-8(7-4-31-15(17)20-7)11(25)21-9-12(26)24-10(14(27)28)6(2-30-13(9)24)3-32-16-18-5-19-22-16/h4-5,9,13H,2-3H2,1H3,(H2,17,20)(H,21,25)(H,27,28)(H,18,19,22)/t9-,13+/m1/s1. The fourth-order valence-electron chi connectivity index (χ4n) is 3.12. The van der Waals surface area contributed by atoms with Gasteiger partial charge in [-0.15, -0.1) is 33.3 Å². The van der Waals surface area contributed by atoms with Gasteiger partial charge in [-0.05, 0) is 5.57 Å². The maximum absolute atomic E-state index is 12.8. The van der Waals surface area contributed by atoms with Gasteiger partial charge in [0, 0.05) is 16.9 Å². The number of thioether (sulfide) groups is 2. The Labute approximate surface area is 192 Å². The average molecular weight is 497 g/mol. The van der Waals surface area contributed by atoms with Gasteiger partial charge in [0.25, 0.3) is 11.8 Å². The highest BCUT2D eigenvalue weighted by Gasteiger charge is 2.54. The Balaban J connectivity index is 1.49. The number of oxime groups is 1. The quantitative estimate of drug-likeness (QED) is 0.163. The van der Waals surface area contributed by atoms with Crippen LogP contribution in [0.1, 0.15) is 5.69 Å². The summed E-state index contributed by atoms with van der Waals surface area (Å²) < 4.78 is 0. The van der Waals surface area contributed by atoms with E-state index in [0.29, 0.717) is 22.2 Å². The summed E-state index contributed by atoms with van der Waals surface area (Å²) in [4.78, 5) is 50.3. The molecule has 0 aliphatic carbocycles. The highest BCUT2D eigenvalue weighted by atomic mass is 32.2. The molecule has 2 aromatic heterocycles. The highest BCUT2D eigenvalue weighted by molar-refractivity contribution is 8.01. The van der Waals surface area contributed by atoms with E-state index in [-0.39, 0.29) is 22.2 Å². The molecule has 5 N–H and O–H groups in total. The van der Waals surface area contributed by atoms with E-state index in [9.17, 15) is 19.5 Å². The maximum atomic E-state index is 12.8. The lowest BCUT2D eigenvalue weighted by Crippen LogP contribution is -2.71. The van der Waals surface area contributed by atoms with Gasteiger partial charge in [-0.25, -0.2) is 9.78 Å². The second-order valence-electron chi connectivity index (χ2n) is 6.39. The van der Waals surface area contributed by atoms with Crippen molar-refractivity contribution in [1.82, 2.24) is 30.4 Å². The summed E-state index contributed by atoms with van der Waals surface area (Å²) in [5.41, 5.74) is 6.20. The van der Waals surface area contributed by atoms with E-state index in [1.807, 2.05) is 0 Å². The molecule has 2 amide bonds. The molecule has 4 heterocycles. The molecule has 168 valence electrons. The fraction of sp³-hybridized carbons (Fsp3) is 0.312. The zero-order chi connectivity index (χ0) is 22.8. The number of hydrogen-bond donors (Lipinski definition) is 4. The van der Waals surface area contributed by atoms with Gasteiger partial charge in [0.05, 0.1) is 0 Å². The topological polar surface area (TPSA) is 189 Å². The minimum atomic E-state index is -1.21. The Morgan fingerprint density at radius 3 is 2.97 bits per heavy atom. The van der Waals surface area contributed by atoms with Crippen molar-refractivity contribution in [3.05, 3.63) is 28.7 Å². The molecule has 0 radical (unpaired) electrons. The summed E-state index contributed by atoms with van der Waals surface area (Å²) in [7, 11) is 1.28. The van der Waals surface area contributed by atoms with Crippen molar-refractivity contribution < 1.29 is 24.3 Å². The van der Waals surface area contributed by atoms with E-state index in [1.165, 1.54) is 41.9 Å². The summed E-state index contributed by atoms with van der Waals surface area (Å²) in [5.74, 6) is -1.70. The number of nitrogens with one attached hydrogen (secondary N) is 2. The Bertz CT molecular complexity index is 1110. The van der Waals surface area contributed by atoms with Crippen molar-refractivity contribution in [3.8, 4) is 0 Å². The third-order valence-corrected chi connectivity index (χ3v) is 7.46. The zero-order valence-corrected chi connectivity index (χ0v) is 18.8. The minimum Gasteiger partial charge on any atom is -0.477 e. The zero-order valence-electron chi connectivity index (χ0n) is 16.3. The van der Waals surface area contributed by atoms with E-state index in [2.05, 4.69) is 30.6 Å². The maximum Gasteiger partial charge on any atom is 0.352 e. The normalized spacial score (nSPS) is 20.6. The van der Waals surface area contributed by atoms with Gasteiger partial charge in [0.15, 0.2) is 16.0 Å². The van der Waals surface area contributed by atoms with Crippen LogP contribution in [-0.4, -0.2) is 83.7 Å². The molecule has 16 heteroatoms.